The Labute approximate surface area is 256 Å². The van der Waals surface area contributed by atoms with Crippen molar-refractivity contribution in [1.82, 2.24) is 0 Å². The molecule has 0 aliphatic rings. The molecule has 0 aliphatic heterocycles. The van der Waals surface area contributed by atoms with Crippen molar-refractivity contribution in [3.8, 4) is 11.1 Å². The van der Waals surface area contributed by atoms with Crippen LogP contribution in [0, 0.1) is 34.6 Å². The lowest BCUT2D eigenvalue weighted by Crippen LogP contribution is -2.11. The Morgan fingerprint density at radius 2 is 0.721 bits per heavy atom. The van der Waals surface area contributed by atoms with Crippen LogP contribution < -0.4 is 9.80 Å². The van der Waals surface area contributed by atoms with Crippen molar-refractivity contribution in [2.45, 2.75) is 34.6 Å². The summed E-state index contributed by atoms with van der Waals surface area (Å²) in [6, 6.07) is 50.6. The van der Waals surface area contributed by atoms with Crippen molar-refractivity contribution in [3.63, 3.8) is 0 Å². The predicted molar refractivity (Wildman–Crippen MR) is 185 cm³/mol. The highest BCUT2D eigenvalue weighted by Crippen LogP contribution is 2.40. The number of nitrogens with zero attached hydrogens (tertiary/aromatic N) is 2. The van der Waals surface area contributed by atoms with Crippen LogP contribution in [0.3, 0.4) is 0 Å². The molecule has 0 fully saturated rings. The Hall–Kier alpha value is -5.08. The maximum Gasteiger partial charge on any atom is 0.0491 e. The van der Waals surface area contributed by atoms with E-state index in [1.807, 2.05) is 0 Å². The first-order valence-electron chi connectivity index (χ1n) is 14.9. The zero-order chi connectivity index (χ0) is 29.9. The summed E-state index contributed by atoms with van der Waals surface area (Å²) in [5, 5.41) is 0. The van der Waals surface area contributed by atoms with Gasteiger partial charge in [-0.1, -0.05) is 66.7 Å². The van der Waals surface area contributed by atoms with Gasteiger partial charge in [-0.25, -0.2) is 0 Å². The third-order valence-corrected chi connectivity index (χ3v) is 7.94. The summed E-state index contributed by atoms with van der Waals surface area (Å²) in [4.78, 5) is 4.70. The van der Waals surface area contributed by atoms with Crippen molar-refractivity contribution in [2.24, 2.45) is 0 Å². The van der Waals surface area contributed by atoms with E-state index in [1.165, 1.54) is 44.6 Å². The predicted octanol–water partition coefficient (Wildman–Crippen LogP) is 11.8. The average molecular weight is 559 g/mol. The normalized spacial score (nSPS) is 10.9. The Morgan fingerprint density at radius 3 is 1.12 bits per heavy atom. The van der Waals surface area contributed by atoms with Gasteiger partial charge in [0.1, 0.15) is 0 Å². The lowest BCUT2D eigenvalue weighted by Gasteiger charge is -2.28. The van der Waals surface area contributed by atoms with Crippen LogP contribution in [0.25, 0.3) is 11.1 Å². The molecule has 0 N–H and O–H groups in total. The molecule has 0 unspecified atom stereocenters. The molecule has 0 aromatic heterocycles. The standard InChI is InChI=1S/C41H38N2/c1-29-10-6-14-37(24-29)42(38-15-7-11-30(2)25-38)36-21-18-34(19-22-36)35-20-23-41(33(5)28-35)43(39-16-8-12-31(3)26-39)40-17-9-13-32(4)27-40/h6-28H,1-5H3. The molecule has 0 radical (unpaired) electrons. The second kappa shape index (κ2) is 12.0. The molecule has 212 valence electrons. The number of anilines is 6. The number of hydrogen-bond acceptors (Lipinski definition) is 2. The molecule has 2 heteroatoms. The minimum atomic E-state index is 1.14. The van der Waals surface area contributed by atoms with E-state index >= 15 is 0 Å². The Balaban J connectivity index is 1.37. The van der Waals surface area contributed by atoms with E-state index in [4.69, 9.17) is 0 Å². The fourth-order valence-corrected chi connectivity index (χ4v) is 5.83. The zero-order valence-electron chi connectivity index (χ0n) is 25.7. The Kier molecular flexibility index (Phi) is 7.85. The van der Waals surface area contributed by atoms with E-state index in [-0.39, 0.29) is 0 Å². The third-order valence-electron chi connectivity index (χ3n) is 7.94. The molecule has 0 amide bonds. The highest BCUT2D eigenvalue weighted by atomic mass is 15.1. The van der Waals surface area contributed by atoms with Crippen LogP contribution in [0.2, 0.25) is 0 Å². The number of aryl methyl sites for hydroxylation is 5. The minimum Gasteiger partial charge on any atom is -0.310 e. The molecule has 0 heterocycles. The van der Waals surface area contributed by atoms with Gasteiger partial charge >= 0.3 is 0 Å². The SMILES string of the molecule is Cc1cccc(N(c2ccc(-c3ccc(N(c4cccc(C)c4)c4cccc(C)c4)c(C)c3)cc2)c2cccc(C)c2)c1. The van der Waals surface area contributed by atoms with Gasteiger partial charge in [0.2, 0.25) is 0 Å². The van der Waals surface area contributed by atoms with Crippen molar-refractivity contribution >= 4 is 34.1 Å². The maximum absolute atomic E-state index is 2.36. The second-order valence-corrected chi connectivity index (χ2v) is 11.6. The van der Waals surface area contributed by atoms with E-state index in [0.29, 0.717) is 0 Å². The highest BCUT2D eigenvalue weighted by molar-refractivity contribution is 5.82. The molecule has 0 bridgehead atoms. The number of hydrogen-bond donors (Lipinski definition) is 0. The van der Waals surface area contributed by atoms with E-state index in [9.17, 15) is 0 Å². The van der Waals surface area contributed by atoms with Crippen LogP contribution in [-0.2, 0) is 0 Å². The molecule has 0 spiro atoms. The van der Waals surface area contributed by atoms with Gasteiger partial charge in [-0.3, -0.25) is 0 Å². The average Bonchev–Trinajstić information content (AvgIpc) is 2.99. The number of benzene rings is 6. The Bertz CT molecular complexity index is 1790. The summed E-state index contributed by atoms with van der Waals surface area (Å²) in [6.45, 7) is 10.8. The molecule has 0 aliphatic carbocycles. The first-order valence-corrected chi connectivity index (χ1v) is 14.9. The molecular weight excluding hydrogens is 520 g/mol. The van der Waals surface area contributed by atoms with E-state index in [0.717, 1.165) is 28.4 Å². The van der Waals surface area contributed by atoms with Gasteiger partial charge in [0.15, 0.2) is 0 Å². The molecule has 0 saturated heterocycles. The topological polar surface area (TPSA) is 6.48 Å². The fraction of sp³-hybridized carbons (Fsp3) is 0.122. The molecule has 6 rings (SSSR count). The quantitative estimate of drug-likeness (QED) is 0.192. The highest BCUT2D eigenvalue weighted by Gasteiger charge is 2.17. The molecular formula is C41H38N2. The van der Waals surface area contributed by atoms with Crippen LogP contribution >= 0.6 is 0 Å². The van der Waals surface area contributed by atoms with Gasteiger partial charge < -0.3 is 9.80 Å². The molecule has 0 saturated carbocycles. The Morgan fingerprint density at radius 1 is 0.326 bits per heavy atom. The maximum atomic E-state index is 2.36. The summed E-state index contributed by atoms with van der Waals surface area (Å²) in [5.41, 5.74) is 15.6. The fourth-order valence-electron chi connectivity index (χ4n) is 5.83. The lowest BCUT2D eigenvalue weighted by atomic mass is 10.0. The summed E-state index contributed by atoms with van der Waals surface area (Å²) in [6.07, 6.45) is 0. The van der Waals surface area contributed by atoms with Gasteiger partial charge in [-0.05, 0) is 146 Å². The van der Waals surface area contributed by atoms with Gasteiger partial charge in [-0.15, -0.1) is 0 Å². The summed E-state index contributed by atoms with van der Waals surface area (Å²) in [5.74, 6) is 0. The van der Waals surface area contributed by atoms with Crippen molar-refractivity contribution in [1.29, 1.82) is 0 Å². The van der Waals surface area contributed by atoms with Crippen LogP contribution in [0.15, 0.2) is 140 Å². The van der Waals surface area contributed by atoms with Gasteiger partial charge in [-0.2, -0.15) is 0 Å². The van der Waals surface area contributed by atoms with Crippen LogP contribution in [0.5, 0.6) is 0 Å². The van der Waals surface area contributed by atoms with E-state index in [1.54, 1.807) is 0 Å². The van der Waals surface area contributed by atoms with Crippen molar-refractivity contribution in [2.75, 3.05) is 9.80 Å². The molecule has 6 aromatic carbocycles. The largest absolute Gasteiger partial charge is 0.310 e. The van der Waals surface area contributed by atoms with Crippen molar-refractivity contribution in [3.05, 3.63) is 167 Å². The summed E-state index contributed by atoms with van der Waals surface area (Å²) < 4.78 is 0. The van der Waals surface area contributed by atoms with Crippen LogP contribution in [0.4, 0.5) is 34.1 Å². The summed E-state index contributed by atoms with van der Waals surface area (Å²) in [7, 11) is 0. The van der Waals surface area contributed by atoms with Crippen LogP contribution in [-0.4, -0.2) is 0 Å². The van der Waals surface area contributed by atoms with Gasteiger partial charge in [0.25, 0.3) is 0 Å². The molecule has 6 aromatic rings. The molecule has 2 nitrogen and oxygen atoms in total. The monoisotopic (exact) mass is 558 g/mol. The molecule has 0 atom stereocenters. The van der Waals surface area contributed by atoms with E-state index < -0.39 is 0 Å². The molecule has 43 heavy (non-hydrogen) atoms. The third kappa shape index (κ3) is 6.10. The lowest BCUT2D eigenvalue weighted by molar-refractivity contribution is 1.23. The first kappa shape index (κ1) is 28.1. The smallest absolute Gasteiger partial charge is 0.0491 e. The minimum absolute atomic E-state index is 1.14. The number of rotatable bonds is 7. The van der Waals surface area contributed by atoms with Crippen LogP contribution in [0.1, 0.15) is 27.8 Å². The van der Waals surface area contributed by atoms with E-state index in [2.05, 4.69) is 184 Å². The van der Waals surface area contributed by atoms with Gasteiger partial charge in [0.05, 0.1) is 0 Å². The van der Waals surface area contributed by atoms with Crippen molar-refractivity contribution < 1.29 is 0 Å². The van der Waals surface area contributed by atoms with Gasteiger partial charge in [0, 0.05) is 34.1 Å². The first-order chi connectivity index (χ1) is 20.9. The zero-order valence-corrected chi connectivity index (χ0v) is 25.7. The summed E-state index contributed by atoms with van der Waals surface area (Å²) >= 11 is 0. The second-order valence-electron chi connectivity index (χ2n) is 11.6.